The van der Waals surface area contributed by atoms with Crippen molar-refractivity contribution >= 4 is 23.2 Å². The highest BCUT2D eigenvalue weighted by molar-refractivity contribution is 6.31. The number of rotatable bonds is 8. The Morgan fingerprint density at radius 3 is 2.54 bits per heavy atom. The molecule has 1 amide bonds. The Hall–Kier alpha value is -2.27. The van der Waals surface area contributed by atoms with Crippen LogP contribution in [-0.2, 0) is 4.79 Å². The van der Waals surface area contributed by atoms with Gasteiger partial charge in [0.15, 0.2) is 11.5 Å². The molecule has 4 nitrogen and oxygen atoms in total. The number of anilines is 1. The van der Waals surface area contributed by atoms with Crippen molar-refractivity contribution < 1.29 is 18.7 Å². The number of ether oxygens (including phenoxy) is 2. The largest absolute Gasteiger partial charge is 0.490 e. The Labute approximate surface area is 145 Å². The van der Waals surface area contributed by atoms with Crippen LogP contribution in [0.3, 0.4) is 0 Å². The molecule has 0 bridgehead atoms. The van der Waals surface area contributed by atoms with Gasteiger partial charge in [-0.2, -0.15) is 0 Å². The molecule has 0 fully saturated rings. The molecule has 1 N–H and O–H groups in total. The van der Waals surface area contributed by atoms with Crippen LogP contribution in [0.15, 0.2) is 42.5 Å². The van der Waals surface area contributed by atoms with E-state index in [0.29, 0.717) is 36.8 Å². The minimum Gasteiger partial charge on any atom is -0.490 e. The quantitative estimate of drug-likeness (QED) is 0.703. The molecule has 2 aromatic carbocycles. The number of carbonyl (C=O) groups excluding carboxylic acids is 1. The Balaban J connectivity index is 1.76. The lowest BCUT2D eigenvalue weighted by Gasteiger charge is -2.11. The van der Waals surface area contributed by atoms with E-state index < -0.39 is 5.82 Å². The van der Waals surface area contributed by atoms with Gasteiger partial charge in [-0.3, -0.25) is 4.79 Å². The Bertz CT molecular complexity index is 694. The highest BCUT2D eigenvalue weighted by atomic mass is 35.5. The van der Waals surface area contributed by atoms with E-state index in [1.165, 1.54) is 18.2 Å². The first kappa shape index (κ1) is 18.1. The van der Waals surface area contributed by atoms with Crippen LogP contribution in [0.2, 0.25) is 5.02 Å². The molecule has 0 heterocycles. The Morgan fingerprint density at radius 2 is 1.88 bits per heavy atom. The van der Waals surface area contributed by atoms with E-state index in [4.69, 9.17) is 21.1 Å². The van der Waals surface area contributed by atoms with Crippen molar-refractivity contribution in [3.05, 3.63) is 53.3 Å². The lowest BCUT2D eigenvalue weighted by molar-refractivity contribution is -0.116. The van der Waals surface area contributed by atoms with E-state index in [2.05, 4.69) is 5.32 Å². The van der Waals surface area contributed by atoms with Crippen LogP contribution >= 0.6 is 11.6 Å². The lowest BCUT2D eigenvalue weighted by atomic mass is 10.2. The maximum Gasteiger partial charge on any atom is 0.224 e. The minimum absolute atomic E-state index is 0.0244. The van der Waals surface area contributed by atoms with E-state index in [-0.39, 0.29) is 17.4 Å². The van der Waals surface area contributed by atoms with Crippen molar-refractivity contribution in [3.8, 4) is 11.5 Å². The summed E-state index contributed by atoms with van der Waals surface area (Å²) in [4.78, 5) is 11.9. The van der Waals surface area contributed by atoms with Gasteiger partial charge in [0.25, 0.3) is 0 Å². The molecule has 128 valence electrons. The monoisotopic (exact) mass is 351 g/mol. The van der Waals surface area contributed by atoms with Gasteiger partial charge in [-0.25, -0.2) is 4.39 Å². The summed E-state index contributed by atoms with van der Waals surface area (Å²) in [5.41, 5.74) is 0.467. The molecular formula is C18H19ClFNO3. The van der Waals surface area contributed by atoms with Gasteiger partial charge in [0.1, 0.15) is 5.82 Å². The first-order valence-corrected chi connectivity index (χ1v) is 8.07. The molecule has 0 spiro atoms. The maximum absolute atomic E-state index is 13.1. The number of hydrogen-bond acceptors (Lipinski definition) is 3. The fraction of sp³-hybridized carbons (Fsp3) is 0.278. The zero-order valence-electron chi connectivity index (χ0n) is 13.4. The van der Waals surface area contributed by atoms with E-state index in [1.807, 2.05) is 31.2 Å². The van der Waals surface area contributed by atoms with E-state index in [1.54, 1.807) is 0 Å². The number of hydrogen-bond donors (Lipinski definition) is 1. The summed E-state index contributed by atoms with van der Waals surface area (Å²) >= 11 is 5.67. The second-order valence-electron chi connectivity index (χ2n) is 5.01. The number of carbonyl (C=O) groups is 1. The zero-order valence-corrected chi connectivity index (χ0v) is 14.1. The van der Waals surface area contributed by atoms with Gasteiger partial charge in [0, 0.05) is 12.1 Å². The highest BCUT2D eigenvalue weighted by Gasteiger charge is 2.07. The molecule has 2 aromatic rings. The first-order valence-electron chi connectivity index (χ1n) is 7.69. The van der Waals surface area contributed by atoms with Crippen LogP contribution in [0.1, 0.15) is 19.8 Å². The van der Waals surface area contributed by atoms with Crippen LogP contribution in [0.25, 0.3) is 0 Å². The molecule has 0 atom stereocenters. The van der Waals surface area contributed by atoms with Crippen LogP contribution in [0.5, 0.6) is 11.5 Å². The third-order valence-corrected chi connectivity index (χ3v) is 3.45. The molecule has 0 aliphatic carbocycles. The fourth-order valence-corrected chi connectivity index (χ4v) is 2.24. The van der Waals surface area contributed by atoms with Crippen LogP contribution < -0.4 is 14.8 Å². The normalized spacial score (nSPS) is 10.3. The average molecular weight is 352 g/mol. The van der Waals surface area contributed by atoms with Gasteiger partial charge in [-0.15, -0.1) is 0 Å². The zero-order chi connectivity index (χ0) is 17.4. The molecule has 0 aliphatic heterocycles. The number of amides is 1. The fourth-order valence-electron chi connectivity index (χ4n) is 2.06. The van der Waals surface area contributed by atoms with Gasteiger partial charge in [0.2, 0.25) is 5.91 Å². The number of para-hydroxylation sites is 2. The van der Waals surface area contributed by atoms with Crippen molar-refractivity contribution in [3.63, 3.8) is 0 Å². The molecule has 0 aromatic heterocycles. The highest BCUT2D eigenvalue weighted by Crippen LogP contribution is 2.26. The summed E-state index contributed by atoms with van der Waals surface area (Å²) in [7, 11) is 0. The van der Waals surface area contributed by atoms with Crippen molar-refractivity contribution in [1.82, 2.24) is 0 Å². The first-order chi connectivity index (χ1) is 11.6. The van der Waals surface area contributed by atoms with Crippen LogP contribution in [0, 0.1) is 5.82 Å². The molecular weight excluding hydrogens is 333 g/mol. The predicted octanol–water partition coefficient (Wildman–Crippen LogP) is 4.68. The molecule has 0 radical (unpaired) electrons. The van der Waals surface area contributed by atoms with Crippen LogP contribution in [0.4, 0.5) is 10.1 Å². The SMILES string of the molecule is CCOc1ccccc1OCCCC(=O)Nc1ccc(F)c(Cl)c1. The van der Waals surface area contributed by atoms with Gasteiger partial charge < -0.3 is 14.8 Å². The molecule has 24 heavy (non-hydrogen) atoms. The summed E-state index contributed by atoms with van der Waals surface area (Å²) in [6, 6.07) is 11.5. The van der Waals surface area contributed by atoms with E-state index in [9.17, 15) is 9.18 Å². The maximum atomic E-state index is 13.1. The molecule has 0 saturated carbocycles. The van der Waals surface area contributed by atoms with Crippen LogP contribution in [-0.4, -0.2) is 19.1 Å². The Kier molecular flexibility index (Phi) is 6.88. The molecule has 0 saturated heterocycles. The average Bonchev–Trinajstić information content (AvgIpc) is 2.57. The van der Waals surface area contributed by atoms with Gasteiger partial charge in [-0.05, 0) is 43.7 Å². The number of nitrogens with one attached hydrogen (secondary N) is 1. The standard InChI is InChI=1S/C18H19ClFNO3/c1-2-23-16-6-3-4-7-17(16)24-11-5-8-18(22)21-13-9-10-15(20)14(19)12-13/h3-4,6-7,9-10,12H,2,5,8,11H2,1H3,(H,21,22). The number of halogens is 2. The summed E-state index contributed by atoms with van der Waals surface area (Å²) < 4.78 is 24.2. The van der Waals surface area contributed by atoms with Crippen molar-refractivity contribution in [2.24, 2.45) is 0 Å². The van der Waals surface area contributed by atoms with E-state index in [0.717, 1.165) is 0 Å². The van der Waals surface area contributed by atoms with E-state index >= 15 is 0 Å². The predicted molar refractivity (Wildman–Crippen MR) is 92.4 cm³/mol. The van der Waals surface area contributed by atoms with Gasteiger partial charge in [0.05, 0.1) is 18.2 Å². The molecule has 0 unspecified atom stereocenters. The topological polar surface area (TPSA) is 47.6 Å². The summed E-state index contributed by atoms with van der Waals surface area (Å²) in [5.74, 6) is 0.644. The second kappa shape index (κ2) is 9.13. The smallest absolute Gasteiger partial charge is 0.224 e. The molecule has 0 aliphatic rings. The van der Waals surface area contributed by atoms with Gasteiger partial charge in [-0.1, -0.05) is 23.7 Å². The van der Waals surface area contributed by atoms with Crippen molar-refractivity contribution in [2.75, 3.05) is 18.5 Å². The number of benzene rings is 2. The Morgan fingerprint density at radius 1 is 1.17 bits per heavy atom. The summed E-state index contributed by atoms with van der Waals surface area (Å²) in [5, 5.41) is 2.65. The van der Waals surface area contributed by atoms with Crippen molar-refractivity contribution in [1.29, 1.82) is 0 Å². The van der Waals surface area contributed by atoms with Gasteiger partial charge >= 0.3 is 0 Å². The van der Waals surface area contributed by atoms with Crippen molar-refractivity contribution in [2.45, 2.75) is 19.8 Å². The lowest BCUT2D eigenvalue weighted by Crippen LogP contribution is -2.13. The molecule has 2 rings (SSSR count). The molecule has 6 heteroatoms. The minimum atomic E-state index is -0.518. The third kappa shape index (κ3) is 5.42. The second-order valence-corrected chi connectivity index (χ2v) is 5.42. The third-order valence-electron chi connectivity index (χ3n) is 3.16. The summed E-state index contributed by atoms with van der Waals surface area (Å²) in [6.45, 7) is 2.85. The summed E-state index contributed by atoms with van der Waals surface area (Å²) in [6.07, 6.45) is 0.826.